The Balaban J connectivity index is 1.53. The van der Waals surface area contributed by atoms with Gasteiger partial charge < -0.3 is 15.2 Å². The van der Waals surface area contributed by atoms with E-state index in [1.54, 1.807) is 11.8 Å². The van der Waals surface area contributed by atoms with E-state index in [2.05, 4.69) is 55.6 Å². The number of rotatable bonds is 10. The predicted molar refractivity (Wildman–Crippen MR) is 121 cm³/mol. The van der Waals surface area contributed by atoms with Crippen molar-refractivity contribution in [1.82, 2.24) is 19.9 Å². The second-order valence-corrected chi connectivity index (χ2v) is 8.15. The van der Waals surface area contributed by atoms with Gasteiger partial charge in [0.1, 0.15) is 6.04 Å². The summed E-state index contributed by atoms with van der Waals surface area (Å²) in [6.07, 6.45) is 5.75. The van der Waals surface area contributed by atoms with E-state index in [0.717, 1.165) is 36.5 Å². The number of hydrogen-bond donors (Lipinski definition) is 2. The highest BCUT2D eigenvalue weighted by molar-refractivity contribution is 7.98. The monoisotopic (exact) mass is 411 g/mol. The van der Waals surface area contributed by atoms with Crippen molar-refractivity contribution in [1.29, 1.82) is 0 Å². The van der Waals surface area contributed by atoms with E-state index in [-0.39, 0.29) is 11.9 Å². The van der Waals surface area contributed by atoms with Crippen LogP contribution in [0.25, 0.3) is 10.9 Å². The number of carbonyl (C=O) groups is 1. The lowest BCUT2D eigenvalue weighted by Gasteiger charge is -2.18. The molecule has 7 heteroatoms. The number of amides is 1. The van der Waals surface area contributed by atoms with Crippen LogP contribution in [0.4, 0.5) is 5.95 Å². The molecule has 0 radical (unpaired) electrons. The van der Waals surface area contributed by atoms with Gasteiger partial charge in [-0.2, -0.15) is 11.8 Å². The van der Waals surface area contributed by atoms with E-state index >= 15 is 0 Å². The molecule has 0 bridgehead atoms. The van der Waals surface area contributed by atoms with Gasteiger partial charge in [0.15, 0.2) is 0 Å². The summed E-state index contributed by atoms with van der Waals surface area (Å²) >= 11 is 1.73. The molecule has 0 fully saturated rings. The molecule has 6 nitrogen and oxygen atoms in total. The Hall–Kier alpha value is -2.54. The summed E-state index contributed by atoms with van der Waals surface area (Å²) in [5.74, 6) is 1.41. The third-order valence-electron chi connectivity index (χ3n) is 4.77. The first-order valence-corrected chi connectivity index (χ1v) is 11.4. The molecular formula is C22H29N5OS. The molecular weight excluding hydrogens is 382 g/mol. The first kappa shape index (κ1) is 21.2. The van der Waals surface area contributed by atoms with Gasteiger partial charge >= 0.3 is 0 Å². The van der Waals surface area contributed by atoms with Gasteiger partial charge in [-0.05, 0) is 62.3 Å². The molecule has 0 aliphatic heterocycles. The SMILES string of the molecule is CSCC[C@@H](Nc1nc(C)cc(C)n1)C(=O)NCCCn1ccc2ccccc21. The van der Waals surface area contributed by atoms with Gasteiger partial charge in [-0.3, -0.25) is 4.79 Å². The summed E-state index contributed by atoms with van der Waals surface area (Å²) in [5.41, 5.74) is 3.01. The van der Waals surface area contributed by atoms with Crippen LogP contribution in [0.1, 0.15) is 24.2 Å². The zero-order valence-corrected chi connectivity index (χ0v) is 18.1. The number of aryl methyl sites for hydroxylation is 3. The lowest BCUT2D eigenvalue weighted by atomic mass is 10.2. The van der Waals surface area contributed by atoms with E-state index < -0.39 is 0 Å². The molecule has 154 valence electrons. The predicted octanol–water partition coefficient (Wildman–Crippen LogP) is 3.79. The summed E-state index contributed by atoms with van der Waals surface area (Å²) in [5, 5.41) is 7.54. The Labute approximate surface area is 176 Å². The van der Waals surface area contributed by atoms with Gasteiger partial charge in [-0.25, -0.2) is 9.97 Å². The van der Waals surface area contributed by atoms with E-state index in [0.29, 0.717) is 12.5 Å². The smallest absolute Gasteiger partial charge is 0.242 e. The number of aromatic nitrogens is 3. The largest absolute Gasteiger partial charge is 0.354 e. The molecule has 1 aromatic carbocycles. The zero-order chi connectivity index (χ0) is 20.6. The minimum Gasteiger partial charge on any atom is -0.354 e. The molecule has 3 rings (SSSR count). The molecule has 2 aromatic heterocycles. The standard InChI is InChI=1S/C22H29N5OS/c1-16-15-17(2)25-22(24-16)26-19(10-14-29-3)21(28)23-11-6-12-27-13-9-18-7-4-5-8-20(18)27/h4-5,7-9,13,15,19H,6,10-12,14H2,1-3H3,(H,23,28)(H,24,25,26)/t19-/m1/s1. The highest BCUT2D eigenvalue weighted by Gasteiger charge is 2.19. The molecule has 0 unspecified atom stereocenters. The van der Waals surface area contributed by atoms with Gasteiger partial charge in [0.25, 0.3) is 0 Å². The lowest BCUT2D eigenvalue weighted by Crippen LogP contribution is -2.41. The van der Waals surface area contributed by atoms with Crippen LogP contribution in [0.5, 0.6) is 0 Å². The van der Waals surface area contributed by atoms with Crippen LogP contribution in [0.15, 0.2) is 42.6 Å². The minimum atomic E-state index is -0.337. The zero-order valence-electron chi connectivity index (χ0n) is 17.3. The Bertz CT molecular complexity index is 935. The molecule has 0 aliphatic rings. The van der Waals surface area contributed by atoms with Crippen LogP contribution in [-0.2, 0) is 11.3 Å². The Morgan fingerprint density at radius 3 is 2.69 bits per heavy atom. The van der Waals surface area contributed by atoms with Crippen LogP contribution < -0.4 is 10.6 Å². The average Bonchev–Trinajstić information content (AvgIpc) is 3.10. The second-order valence-electron chi connectivity index (χ2n) is 7.17. The van der Waals surface area contributed by atoms with Crippen molar-refractivity contribution in [3.05, 3.63) is 54.0 Å². The third-order valence-corrected chi connectivity index (χ3v) is 5.41. The minimum absolute atomic E-state index is 0.000765. The van der Waals surface area contributed by atoms with Crippen molar-refractivity contribution in [3.8, 4) is 0 Å². The average molecular weight is 412 g/mol. The molecule has 2 heterocycles. The number of para-hydroxylation sites is 1. The van der Waals surface area contributed by atoms with Gasteiger partial charge in [-0.15, -0.1) is 0 Å². The van der Waals surface area contributed by atoms with Crippen LogP contribution in [0.2, 0.25) is 0 Å². The molecule has 0 saturated carbocycles. The van der Waals surface area contributed by atoms with Crippen LogP contribution >= 0.6 is 11.8 Å². The number of hydrogen-bond acceptors (Lipinski definition) is 5. The summed E-state index contributed by atoms with van der Waals surface area (Å²) in [7, 11) is 0. The van der Waals surface area contributed by atoms with Gasteiger partial charge in [0.2, 0.25) is 11.9 Å². The fourth-order valence-corrected chi connectivity index (χ4v) is 3.84. The maximum Gasteiger partial charge on any atom is 0.242 e. The first-order chi connectivity index (χ1) is 14.1. The Morgan fingerprint density at radius 2 is 1.93 bits per heavy atom. The molecule has 2 N–H and O–H groups in total. The molecule has 1 amide bonds. The quantitative estimate of drug-likeness (QED) is 0.497. The fourth-order valence-electron chi connectivity index (χ4n) is 3.37. The highest BCUT2D eigenvalue weighted by atomic mass is 32.2. The molecule has 3 aromatic rings. The van der Waals surface area contributed by atoms with Crippen LogP contribution in [0, 0.1) is 13.8 Å². The Morgan fingerprint density at radius 1 is 1.17 bits per heavy atom. The van der Waals surface area contributed by atoms with Crippen molar-refractivity contribution in [2.24, 2.45) is 0 Å². The number of fused-ring (bicyclic) bond motifs is 1. The Kier molecular flexibility index (Phi) is 7.52. The van der Waals surface area contributed by atoms with E-state index in [1.807, 2.05) is 32.2 Å². The maximum absolute atomic E-state index is 12.8. The molecule has 0 saturated heterocycles. The van der Waals surface area contributed by atoms with E-state index in [1.165, 1.54) is 10.9 Å². The van der Waals surface area contributed by atoms with Crippen molar-refractivity contribution in [2.45, 2.75) is 39.3 Å². The first-order valence-electron chi connectivity index (χ1n) is 9.96. The lowest BCUT2D eigenvalue weighted by molar-refractivity contribution is -0.121. The summed E-state index contributed by atoms with van der Waals surface area (Å²) in [6, 6.07) is 12.1. The van der Waals surface area contributed by atoms with Crippen LogP contribution in [0.3, 0.4) is 0 Å². The molecule has 0 spiro atoms. The summed E-state index contributed by atoms with van der Waals surface area (Å²) in [6.45, 7) is 5.37. The van der Waals surface area contributed by atoms with Crippen molar-refractivity contribution in [2.75, 3.05) is 23.9 Å². The number of carbonyl (C=O) groups excluding carboxylic acids is 1. The van der Waals surface area contributed by atoms with Crippen molar-refractivity contribution in [3.63, 3.8) is 0 Å². The van der Waals surface area contributed by atoms with E-state index in [9.17, 15) is 4.79 Å². The van der Waals surface area contributed by atoms with Gasteiger partial charge in [0.05, 0.1) is 0 Å². The summed E-state index contributed by atoms with van der Waals surface area (Å²) < 4.78 is 2.23. The molecule has 29 heavy (non-hydrogen) atoms. The fraction of sp³-hybridized carbons (Fsp3) is 0.409. The second kappa shape index (κ2) is 10.3. The number of nitrogens with one attached hydrogen (secondary N) is 2. The topological polar surface area (TPSA) is 71.8 Å². The number of anilines is 1. The highest BCUT2D eigenvalue weighted by Crippen LogP contribution is 2.15. The molecule has 0 aliphatic carbocycles. The van der Waals surface area contributed by atoms with Crippen molar-refractivity contribution >= 4 is 34.5 Å². The van der Waals surface area contributed by atoms with E-state index in [4.69, 9.17) is 0 Å². The normalized spacial score (nSPS) is 12.1. The maximum atomic E-state index is 12.8. The van der Waals surface area contributed by atoms with Gasteiger partial charge in [0, 0.05) is 36.2 Å². The third kappa shape index (κ3) is 5.97. The van der Waals surface area contributed by atoms with Crippen LogP contribution in [-0.4, -0.2) is 45.0 Å². The number of benzene rings is 1. The molecule has 1 atom stereocenters. The number of thioether (sulfide) groups is 1. The van der Waals surface area contributed by atoms with Gasteiger partial charge in [-0.1, -0.05) is 18.2 Å². The number of nitrogens with zero attached hydrogens (tertiary/aromatic N) is 3. The van der Waals surface area contributed by atoms with Crippen molar-refractivity contribution < 1.29 is 4.79 Å². The summed E-state index contributed by atoms with van der Waals surface area (Å²) in [4.78, 5) is 21.6.